The summed E-state index contributed by atoms with van der Waals surface area (Å²) >= 11 is 1.45. The summed E-state index contributed by atoms with van der Waals surface area (Å²) in [4.78, 5) is 0. The Morgan fingerprint density at radius 3 is 2.76 bits per heavy atom. The van der Waals surface area contributed by atoms with Gasteiger partial charge in [0.05, 0.1) is 17.7 Å². The zero-order valence-corrected chi connectivity index (χ0v) is 12.6. The molecule has 0 amide bonds. The van der Waals surface area contributed by atoms with Crippen LogP contribution in [0, 0.1) is 5.92 Å². The Morgan fingerprint density at radius 2 is 2.00 bits per heavy atom. The number of hydrogen-bond donors (Lipinski definition) is 2. The SMILES string of the molecule is Nc1nsc(NC2CCOC2C2CC2)c1-c1ccccc1. The topological polar surface area (TPSA) is 60.2 Å². The maximum atomic E-state index is 6.08. The van der Waals surface area contributed by atoms with Gasteiger partial charge in [0.25, 0.3) is 0 Å². The van der Waals surface area contributed by atoms with Crippen LogP contribution < -0.4 is 11.1 Å². The quantitative estimate of drug-likeness (QED) is 0.909. The van der Waals surface area contributed by atoms with Crippen molar-refractivity contribution < 1.29 is 4.74 Å². The van der Waals surface area contributed by atoms with Crippen LogP contribution in [-0.4, -0.2) is 23.1 Å². The molecule has 2 aliphatic rings. The molecule has 1 aliphatic carbocycles. The Kier molecular flexibility index (Phi) is 3.31. The Bertz CT molecular complexity index is 624. The van der Waals surface area contributed by atoms with Crippen LogP contribution in [0.3, 0.4) is 0 Å². The third kappa shape index (κ3) is 2.51. The summed E-state index contributed by atoms with van der Waals surface area (Å²) in [6, 6.07) is 10.6. The van der Waals surface area contributed by atoms with Crippen molar-refractivity contribution in [1.29, 1.82) is 0 Å². The van der Waals surface area contributed by atoms with Gasteiger partial charge in [0.1, 0.15) is 10.8 Å². The number of hydrogen-bond acceptors (Lipinski definition) is 5. The Hall–Kier alpha value is -1.59. The average Bonchev–Trinajstić information content (AvgIpc) is 3.15. The molecule has 2 fully saturated rings. The van der Waals surface area contributed by atoms with Gasteiger partial charge < -0.3 is 15.8 Å². The van der Waals surface area contributed by atoms with Crippen molar-refractivity contribution in [3.63, 3.8) is 0 Å². The molecule has 2 aromatic rings. The highest BCUT2D eigenvalue weighted by Crippen LogP contribution is 2.42. The number of benzene rings is 1. The molecular weight excluding hydrogens is 282 g/mol. The molecule has 2 atom stereocenters. The van der Waals surface area contributed by atoms with Gasteiger partial charge in [0.2, 0.25) is 0 Å². The second-order valence-corrected chi connectivity index (χ2v) is 6.62. The van der Waals surface area contributed by atoms with E-state index in [1.54, 1.807) is 0 Å². The number of nitrogens with zero attached hydrogens (tertiary/aromatic N) is 1. The molecule has 4 rings (SSSR count). The summed E-state index contributed by atoms with van der Waals surface area (Å²) in [5.74, 6) is 1.35. The lowest BCUT2D eigenvalue weighted by molar-refractivity contribution is 0.0899. The van der Waals surface area contributed by atoms with E-state index in [-0.39, 0.29) is 0 Å². The largest absolute Gasteiger partial charge is 0.382 e. The van der Waals surface area contributed by atoms with Gasteiger partial charge in [-0.05, 0) is 42.3 Å². The van der Waals surface area contributed by atoms with E-state index in [1.165, 1.54) is 24.4 Å². The summed E-state index contributed by atoms with van der Waals surface area (Å²) < 4.78 is 10.2. The number of ether oxygens (including phenoxy) is 1. The summed E-state index contributed by atoms with van der Waals surface area (Å²) in [5, 5.41) is 4.72. The van der Waals surface area contributed by atoms with E-state index in [9.17, 15) is 0 Å². The fourth-order valence-electron chi connectivity index (χ4n) is 3.11. The lowest BCUT2D eigenvalue weighted by Crippen LogP contribution is -2.30. The normalized spacial score (nSPS) is 25.1. The summed E-state index contributed by atoms with van der Waals surface area (Å²) in [6.45, 7) is 0.855. The van der Waals surface area contributed by atoms with Crippen LogP contribution in [0.5, 0.6) is 0 Å². The molecule has 0 bridgehead atoms. The molecule has 1 aromatic heterocycles. The zero-order valence-electron chi connectivity index (χ0n) is 11.8. The van der Waals surface area contributed by atoms with Gasteiger partial charge in [-0.15, -0.1) is 0 Å². The third-order valence-corrected chi connectivity index (χ3v) is 5.11. The molecule has 1 saturated carbocycles. The smallest absolute Gasteiger partial charge is 0.147 e. The maximum absolute atomic E-state index is 6.08. The van der Waals surface area contributed by atoms with Gasteiger partial charge in [-0.3, -0.25) is 0 Å². The number of rotatable bonds is 4. The minimum absolute atomic E-state index is 0.358. The summed E-state index contributed by atoms with van der Waals surface area (Å²) in [7, 11) is 0. The highest BCUT2D eigenvalue weighted by Gasteiger charge is 2.41. The number of anilines is 2. The molecule has 0 radical (unpaired) electrons. The molecule has 110 valence electrons. The average molecular weight is 301 g/mol. The van der Waals surface area contributed by atoms with E-state index in [4.69, 9.17) is 10.5 Å². The summed E-state index contributed by atoms with van der Waals surface area (Å²) in [6.07, 6.45) is 4.03. The summed E-state index contributed by atoms with van der Waals surface area (Å²) in [5.41, 5.74) is 8.23. The first kappa shape index (κ1) is 13.1. The van der Waals surface area contributed by atoms with Crippen molar-refractivity contribution in [3.8, 4) is 11.1 Å². The molecule has 1 saturated heterocycles. The zero-order chi connectivity index (χ0) is 14.2. The first-order valence-corrected chi connectivity index (χ1v) is 8.29. The lowest BCUT2D eigenvalue weighted by Gasteiger charge is -2.20. The fourth-order valence-corrected chi connectivity index (χ4v) is 3.91. The highest BCUT2D eigenvalue weighted by atomic mass is 32.1. The van der Waals surface area contributed by atoms with E-state index < -0.39 is 0 Å². The Labute approximate surface area is 128 Å². The second-order valence-electron chi connectivity index (χ2n) is 5.85. The van der Waals surface area contributed by atoms with Crippen LogP contribution >= 0.6 is 11.5 Å². The molecule has 2 unspecified atom stereocenters. The number of nitrogens with one attached hydrogen (secondary N) is 1. The van der Waals surface area contributed by atoms with Crippen LogP contribution in [0.4, 0.5) is 10.8 Å². The fraction of sp³-hybridized carbons (Fsp3) is 0.438. The molecule has 0 spiro atoms. The van der Waals surface area contributed by atoms with E-state index in [1.807, 2.05) is 18.2 Å². The van der Waals surface area contributed by atoms with E-state index in [2.05, 4.69) is 21.8 Å². The monoisotopic (exact) mass is 301 g/mol. The van der Waals surface area contributed by atoms with E-state index in [0.29, 0.717) is 18.0 Å². The second kappa shape index (κ2) is 5.31. The van der Waals surface area contributed by atoms with Gasteiger partial charge in [-0.1, -0.05) is 30.3 Å². The number of nitrogens with two attached hydrogens (primary N) is 1. The predicted octanol–water partition coefficient (Wildman–Crippen LogP) is 3.37. The van der Waals surface area contributed by atoms with Gasteiger partial charge in [0.15, 0.2) is 0 Å². The third-order valence-electron chi connectivity index (χ3n) is 4.32. The molecule has 5 heteroatoms. The molecule has 2 heterocycles. The van der Waals surface area contributed by atoms with Crippen molar-refractivity contribution in [1.82, 2.24) is 4.37 Å². The van der Waals surface area contributed by atoms with E-state index in [0.717, 1.165) is 35.1 Å². The van der Waals surface area contributed by atoms with Crippen molar-refractivity contribution in [2.45, 2.75) is 31.4 Å². The van der Waals surface area contributed by atoms with Gasteiger partial charge in [-0.2, -0.15) is 4.37 Å². The van der Waals surface area contributed by atoms with Crippen LogP contribution in [0.2, 0.25) is 0 Å². The Balaban J connectivity index is 1.61. The molecular formula is C16H19N3OS. The van der Waals surface area contributed by atoms with Crippen LogP contribution in [-0.2, 0) is 4.74 Å². The predicted molar refractivity (Wildman–Crippen MR) is 86.5 cm³/mol. The van der Waals surface area contributed by atoms with Crippen molar-refractivity contribution in [3.05, 3.63) is 30.3 Å². The molecule has 3 N–H and O–H groups in total. The first-order valence-electron chi connectivity index (χ1n) is 7.51. The van der Waals surface area contributed by atoms with Gasteiger partial charge in [0, 0.05) is 6.61 Å². The van der Waals surface area contributed by atoms with E-state index >= 15 is 0 Å². The molecule has 4 nitrogen and oxygen atoms in total. The van der Waals surface area contributed by atoms with Crippen molar-refractivity contribution in [2.24, 2.45) is 5.92 Å². The van der Waals surface area contributed by atoms with Gasteiger partial charge >= 0.3 is 0 Å². The molecule has 21 heavy (non-hydrogen) atoms. The van der Waals surface area contributed by atoms with Gasteiger partial charge in [-0.25, -0.2) is 0 Å². The number of aromatic nitrogens is 1. The highest BCUT2D eigenvalue weighted by molar-refractivity contribution is 7.11. The van der Waals surface area contributed by atoms with Crippen LogP contribution in [0.25, 0.3) is 11.1 Å². The van der Waals surface area contributed by atoms with Crippen LogP contribution in [0.15, 0.2) is 30.3 Å². The minimum Gasteiger partial charge on any atom is -0.382 e. The standard InChI is InChI=1S/C16H19N3OS/c17-15-13(10-4-2-1-3-5-10)16(21-19-15)18-12-8-9-20-14(12)11-6-7-11/h1-5,11-12,14,18H,6-9H2,(H2,17,19). The minimum atomic E-state index is 0.358. The lowest BCUT2D eigenvalue weighted by atomic mass is 10.0. The van der Waals surface area contributed by atoms with Crippen molar-refractivity contribution >= 4 is 22.4 Å². The molecule has 1 aromatic carbocycles. The number of nitrogen functional groups attached to an aromatic ring is 1. The van der Waals surface area contributed by atoms with Crippen LogP contribution in [0.1, 0.15) is 19.3 Å². The molecule has 1 aliphatic heterocycles. The van der Waals surface area contributed by atoms with Crippen molar-refractivity contribution in [2.75, 3.05) is 17.7 Å². The maximum Gasteiger partial charge on any atom is 0.147 e. The Morgan fingerprint density at radius 1 is 1.19 bits per heavy atom. The first-order chi connectivity index (χ1) is 10.3.